The van der Waals surface area contributed by atoms with Crippen LogP contribution in [-0.4, -0.2) is 28.4 Å². The normalized spacial score (nSPS) is 11.4. The molecule has 1 aromatic carbocycles. The molecule has 0 saturated heterocycles. The number of aromatic nitrogens is 2. The third-order valence-electron chi connectivity index (χ3n) is 3.10. The van der Waals surface area contributed by atoms with Gasteiger partial charge < -0.3 is 15.1 Å². The summed E-state index contributed by atoms with van der Waals surface area (Å²) in [5.74, 6) is 0. The quantitative estimate of drug-likeness (QED) is 0.440. The Morgan fingerprint density at radius 2 is 1.88 bits per heavy atom. The van der Waals surface area contributed by atoms with E-state index in [0.29, 0.717) is 30.8 Å². The van der Waals surface area contributed by atoms with Crippen LogP contribution in [-0.2, 0) is 17.6 Å². The second-order valence-electron chi connectivity index (χ2n) is 4.79. The van der Waals surface area contributed by atoms with Gasteiger partial charge >= 0.3 is 6.18 Å². The molecule has 0 unspecified atom stereocenters. The van der Waals surface area contributed by atoms with Gasteiger partial charge in [0.1, 0.15) is 6.61 Å². The molecule has 10 heteroatoms. The lowest BCUT2D eigenvalue weighted by atomic mass is 10.1. The van der Waals surface area contributed by atoms with Crippen LogP contribution in [0.5, 0.6) is 0 Å². The summed E-state index contributed by atoms with van der Waals surface area (Å²) in [5, 5.41) is 4.00. The molecule has 0 aliphatic carbocycles. The summed E-state index contributed by atoms with van der Waals surface area (Å²) in [6.07, 6.45) is 1.24. The van der Waals surface area contributed by atoms with Crippen molar-refractivity contribution < 1.29 is 18.0 Å². The average Bonchev–Trinajstić information content (AvgIpc) is 3.03. The van der Waals surface area contributed by atoms with Gasteiger partial charge in [-0.3, -0.25) is 0 Å². The summed E-state index contributed by atoms with van der Waals surface area (Å²) in [6, 6.07) is 4.85. The van der Waals surface area contributed by atoms with Crippen LogP contribution in [0.15, 0.2) is 48.1 Å². The molecule has 0 fully saturated rings. The van der Waals surface area contributed by atoms with E-state index in [4.69, 9.17) is 10.6 Å². The highest BCUT2D eigenvalue weighted by atomic mass is 35.5. The van der Waals surface area contributed by atoms with Gasteiger partial charge in [-0.05, 0) is 17.7 Å². The molecule has 5 nitrogen and oxygen atoms in total. The molecule has 0 atom stereocenters. The number of rotatable bonds is 7. The molecule has 0 bridgehead atoms. The molecule has 0 aliphatic rings. The lowest BCUT2D eigenvalue weighted by Crippen LogP contribution is -2.11. The molecule has 0 saturated carbocycles. The van der Waals surface area contributed by atoms with Crippen molar-refractivity contribution in [3.63, 3.8) is 0 Å². The molecule has 0 spiro atoms. The number of nitrogens with zero attached hydrogens (tertiary/aromatic N) is 3. The van der Waals surface area contributed by atoms with Crippen LogP contribution in [0.1, 0.15) is 17.5 Å². The molecule has 0 amide bonds. The molecule has 1 heterocycles. The molecule has 25 heavy (non-hydrogen) atoms. The monoisotopic (exact) mass is 398 g/mol. The first kappa shape index (κ1) is 23.2. The third-order valence-corrected chi connectivity index (χ3v) is 3.10. The van der Waals surface area contributed by atoms with Crippen LogP contribution in [0.4, 0.5) is 13.2 Å². The van der Waals surface area contributed by atoms with Crippen molar-refractivity contribution in [3.8, 4) is 0 Å². The van der Waals surface area contributed by atoms with E-state index in [1.54, 1.807) is 18.7 Å². The van der Waals surface area contributed by atoms with Gasteiger partial charge in [-0.25, -0.2) is 4.98 Å². The van der Waals surface area contributed by atoms with E-state index in [9.17, 15) is 13.2 Å². The number of aryl methyl sites for hydroxylation is 1. The average molecular weight is 399 g/mol. The maximum Gasteiger partial charge on any atom is 0.416 e. The molecule has 2 rings (SSSR count). The summed E-state index contributed by atoms with van der Waals surface area (Å²) in [4.78, 5) is 9.02. The predicted octanol–water partition coefficient (Wildman–Crippen LogP) is 3.52. The van der Waals surface area contributed by atoms with Crippen molar-refractivity contribution in [1.29, 1.82) is 0 Å². The summed E-state index contributed by atoms with van der Waals surface area (Å²) >= 11 is 0. The van der Waals surface area contributed by atoms with Gasteiger partial charge in [-0.2, -0.15) is 13.2 Å². The Hall–Kier alpha value is -1.77. The standard InChI is InChI=1S/C15H17F3N4O.2ClH/c16-15(17,18)13-3-1-12(2-4-13)14(21-23-10-6-19)5-8-22-9-7-20-11-22;;/h1-4,7,9,11H,5-6,8,10,19H2;2*1H. The molecule has 140 valence electrons. The summed E-state index contributed by atoms with van der Waals surface area (Å²) in [7, 11) is 0. The highest BCUT2D eigenvalue weighted by Gasteiger charge is 2.30. The van der Waals surface area contributed by atoms with Crippen LogP contribution < -0.4 is 5.73 Å². The van der Waals surface area contributed by atoms with E-state index in [0.717, 1.165) is 12.1 Å². The first-order valence-electron chi connectivity index (χ1n) is 7.03. The molecule has 1 aromatic heterocycles. The van der Waals surface area contributed by atoms with E-state index < -0.39 is 11.7 Å². The highest BCUT2D eigenvalue weighted by Crippen LogP contribution is 2.29. The number of benzene rings is 1. The van der Waals surface area contributed by atoms with Crippen molar-refractivity contribution in [2.75, 3.05) is 13.2 Å². The van der Waals surface area contributed by atoms with Gasteiger partial charge in [0, 0.05) is 31.9 Å². The number of hydrogen-bond donors (Lipinski definition) is 1. The van der Waals surface area contributed by atoms with Crippen LogP contribution in [0, 0.1) is 0 Å². The second-order valence-corrected chi connectivity index (χ2v) is 4.79. The van der Waals surface area contributed by atoms with Crippen molar-refractivity contribution >= 4 is 30.5 Å². The molecule has 0 radical (unpaired) electrons. The maximum absolute atomic E-state index is 12.6. The first-order valence-corrected chi connectivity index (χ1v) is 7.03. The van der Waals surface area contributed by atoms with Gasteiger partial charge in [-0.1, -0.05) is 17.3 Å². The van der Waals surface area contributed by atoms with Gasteiger partial charge in [0.25, 0.3) is 0 Å². The highest BCUT2D eigenvalue weighted by molar-refractivity contribution is 6.00. The topological polar surface area (TPSA) is 65.4 Å². The SMILES string of the molecule is Cl.Cl.NCCON=C(CCn1ccnc1)c1ccc(C(F)(F)F)cc1. The first-order chi connectivity index (χ1) is 11.0. The zero-order valence-electron chi connectivity index (χ0n) is 13.1. The summed E-state index contributed by atoms with van der Waals surface area (Å²) in [5.41, 5.74) is 5.78. The van der Waals surface area contributed by atoms with E-state index in [-0.39, 0.29) is 31.4 Å². The number of nitrogens with two attached hydrogens (primary N) is 1. The molecule has 0 aliphatic heterocycles. The summed E-state index contributed by atoms with van der Waals surface area (Å²) < 4.78 is 39.7. The molecular weight excluding hydrogens is 380 g/mol. The lowest BCUT2D eigenvalue weighted by Gasteiger charge is -2.10. The van der Waals surface area contributed by atoms with Crippen LogP contribution in [0.2, 0.25) is 0 Å². The smallest absolute Gasteiger partial charge is 0.394 e. The van der Waals surface area contributed by atoms with Crippen LogP contribution >= 0.6 is 24.8 Å². The maximum atomic E-state index is 12.6. The molecule has 2 N–H and O–H groups in total. The second kappa shape index (κ2) is 11.0. The van der Waals surface area contributed by atoms with Gasteiger partial charge in [0.2, 0.25) is 0 Å². The van der Waals surface area contributed by atoms with Crippen molar-refractivity contribution in [3.05, 3.63) is 54.1 Å². The molecule has 2 aromatic rings. The fourth-order valence-electron chi connectivity index (χ4n) is 1.92. The number of alkyl halides is 3. The Labute approximate surface area is 155 Å². The van der Waals surface area contributed by atoms with E-state index >= 15 is 0 Å². The number of oxime groups is 1. The fraction of sp³-hybridized carbons (Fsp3) is 0.333. The minimum atomic E-state index is -4.36. The fourth-order valence-corrected chi connectivity index (χ4v) is 1.92. The van der Waals surface area contributed by atoms with Gasteiger partial charge in [0.05, 0.1) is 17.6 Å². The largest absolute Gasteiger partial charge is 0.416 e. The lowest BCUT2D eigenvalue weighted by molar-refractivity contribution is -0.137. The van der Waals surface area contributed by atoms with Gasteiger partial charge in [-0.15, -0.1) is 24.8 Å². The van der Waals surface area contributed by atoms with Crippen LogP contribution in [0.3, 0.4) is 0 Å². The van der Waals surface area contributed by atoms with E-state index in [1.807, 2.05) is 4.57 Å². The Kier molecular flexibility index (Phi) is 10.2. The van der Waals surface area contributed by atoms with Crippen molar-refractivity contribution in [2.24, 2.45) is 10.9 Å². The van der Waals surface area contributed by atoms with E-state index in [1.165, 1.54) is 12.1 Å². The number of hydrogen-bond acceptors (Lipinski definition) is 4. The van der Waals surface area contributed by atoms with Gasteiger partial charge in [0.15, 0.2) is 0 Å². The van der Waals surface area contributed by atoms with Crippen LogP contribution in [0.25, 0.3) is 0 Å². The Bertz CT molecular complexity index is 631. The Morgan fingerprint density at radius 3 is 2.40 bits per heavy atom. The minimum Gasteiger partial charge on any atom is -0.394 e. The zero-order chi connectivity index (χ0) is 16.7. The van der Waals surface area contributed by atoms with E-state index in [2.05, 4.69) is 10.1 Å². The Balaban J connectivity index is 0.00000288. The predicted molar refractivity (Wildman–Crippen MR) is 94.3 cm³/mol. The summed E-state index contributed by atoms with van der Waals surface area (Å²) in [6.45, 7) is 1.15. The van der Waals surface area contributed by atoms with Crippen molar-refractivity contribution in [1.82, 2.24) is 9.55 Å². The minimum absolute atomic E-state index is 0. The molecular formula is C15H19Cl2F3N4O. The Morgan fingerprint density at radius 1 is 1.20 bits per heavy atom. The zero-order valence-corrected chi connectivity index (χ0v) is 14.8. The number of imidazole rings is 1. The number of halogens is 5. The van der Waals surface area contributed by atoms with Crippen molar-refractivity contribution in [2.45, 2.75) is 19.1 Å². The third kappa shape index (κ3) is 7.33.